The van der Waals surface area contributed by atoms with Crippen LogP contribution >= 0.6 is 0 Å². The molecule has 0 aliphatic rings. The number of allylic oxidation sites excluding steroid dienone is 1. The zero-order valence-corrected chi connectivity index (χ0v) is 17.3. The Hall–Kier alpha value is -3.09. The molecule has 7 nitrogen and oxygen atoms in total. The molecule has 0 radical (unpaired) electrons. The van der Waals surface area contributed by atoms with Crippen LogP contribution in [0.3, 0.4) is 0 Å². The Morgan fingerprint density at radius 1 is 1.14 bits per heavy atom. The lowest BCUT2D eigenvalue weighted by molar-refractivity contribution is -0.123. The van der Waals surface area contributed by atoms with E-state index in [1.165, 1.54) is 0 Å². The number of aryl methyl sites for hydroxylation is 3. The molecule has 29 heavy (non-hydrogen) atoms. The van der Waals surface area contributed by atoms with Gasteiger partial charge in [-0.3, -0.25) is 9.59 Å². The Balaban J connectivity index is 1.64. The van der Waals surface area contributed by atoms with Crippen LogP contribution in [0.2, 0.25) is 0 Å². The van der Waals surface area contributed by atoms with Crippen molar-refractivity contribution >= 4 is 11.8 Å². The number of aromatic nitrogens is 1. The van der Waals surface area contributed by atoms with E-state index < -0.39 is 0 Å². The molecule has 0 fully saturated rings. The van der Waals surface area contributed by atoms with Crippen molar-refractivity contribution in [2.75, 3.05) is 6.61 Å². The van der Waals surface area contributed by atoms with Gasteiger partial charge in [0.05, 0.1) is 12.2 Å². The first-order valence-electron chi connectivity index (χ1n) is 9.76. The topological polar surface area (TPSA) is 93.5 Å². The quantitative estimate of drug-likeness (QED) is 0.604. The largest absolute Gasteiger partial charge is 0.484 e. The van der Waals surface area contributed by atoms with E-state index in [1.807, 2.05) is 38.1 Å². The highest BCUT2D eigenvalue weighted by Gasteiger charge is 2.09. The van der Waals surface area contributed by atoms with Crippen LogP contribution in [0.15, 0.2) is 41.1 Å². The Morgan fingerprint density at radius 3 is 2.66 bits per heavy atom. The summed E-state index contributed by atoms with van der Waals surface area (Å²) in [6, 6.07) is 7.51. The summed E-state index contributed by atoms with van der Waals surface area (Å²) in [5.74, 6) is 0.805. The second-order valence-electron chi connectivity index (χ2n) is 7.00. The van der Waals surface area contributed by atoms with Crippen LogP contribution in [0.1, 0.15) is 48.8 Å². The summed E-state index contributed by atoms with van der Waals surface area (Å²) in [5, 5.41) is 9.36. The molecule has 0 aliphatic heterocycles. The number of ether oxygens (including phenoxy) is 1. The van der Waals surface area contributed by atoms with Crippen LogP contribution in [0.5, 0.6) is 5.75 Å². The standard InChI is InChI=1S/C22H29N3O4/c1-5-6-18-12-20(29-25-18)13-23-21(26)10-8-17(4)24-22(27)14-28-19-9-7-15(2)16(3)11-19/h7,9,11-12H,4-6,8,10,13-14H2,1-3H3,(H,23,26)(H,24,27). The minimum absolute atomic E-state index is 0.112. The highest BCUT2D eigenvalue weighted by Crippen LogP contribution is 2.16. The van der Waals surface area contributed by atoms with Crippen LogP contribution in [0.4, 0.5) is 0 Å². The molecule has 7 heteroatoms. The maximum Gasteiger partial charge on any atom is 0.262 e. The lowest BCUT2D eigenvalue weighted by Crippen LogP contribution is -2.29. The number of hydrogen-bond acceptors (Lipinski definition) is 5. The fraction of sp³-hybridized carbons (Fsp3) is 0.409. The second kappa shape index (κ2) is 11.0. The number of nitrogens with zero attached hydrogens (tertiary/aromatic N) is 1. The summed E-state index contributed by atoms with van der Waals surface area (Å²) in [4.78, 5) is 23.9. The van der Waals surface area contributed by atoms with E-state index in [0.29, 0.717) is 23.6 Å². The first-order chi connectivity index (χ1) is 13.9. The molecule has 156 valence electrons. The Kier molecular flexibility index (Phi) is 8.45. The molecule has 0 bridgehead atoms. The third-order valence-electron chi connectivity index (χ3n) is 4.39. The Morgan fingerprint density at radius 2 is 1.93 bits per heavy atom. The van der Waals surface area contributed by atoms with Gasteiger partial charge in [0.1, 0.15) is 5.75 Å². The van der Waals surface area contributed by atoms with Crippen LogP contribution in [0, 0.1) is 13.8 Å². The van der Waals surface area contributed by atoms with Crippen LogP contribution < -0.4 is 15.4 Å². The van der Waals surface area contributed by atoms with Crippen molar-refractivity contribution in [3.63, 3.8) is 0 Å². The van der Waals surface area contributed by atoms with E-state index in [9.17, 15) is 9.59 Å². The second-order valence-corrected chi connectivity index (χ2v) is 7.00. The first-order valence-corrected chi connectivity index (χ1v) is 9.76. The zero-order chi connectivity index (χ0) is 21.2. The van der Waals surface area contributed by atoms with E-state index in [1.54, 1.807) is 0 Å². The minimum Gasteiger partial charge on any atom is -0.484 e. The number of nitrogens with one attached hydrogen (secondary N) is 2. The maximum absolute atomic E-state index is 12.0. The van der Waals surface area contributed by atoms with Gasteiger partial charge in [-0.25, -0.2) is 0 Å². The predicted octanol–water partition coefficient (Wildman–Crippen LogP) is 3.35. The molecule has 2 aromatic rings. The van der Waals surface area contributed by atoms with Crippen molar-refractivity contribution in [3.8, 4) is 5.75 Å². The van der Waals surface area contributed by atoms with Crippen molar-refractivity contribution in [2.45, 2.75) is 53.0 Å². The van der Waals surface area contributed by atoms with Gasteiger partial charge in [-0.15, -0.1) is 0 Å². The molecule has 1 heterocycles. The molecule has 2 N–H and O–H groups in total. The predicted molar refractivity (Wildman–Crippen MR) is 110 cm³/mol. The van der Waals surface area contributed by atoms with Gasteiger partial charge >= 0.3 is 0 Å². The van der Waals surface area contributed by atoms with E-state index in [2.05, 4.69) is 29.3 Å². The van der Waals surface area contributed by atoms with Gasteiger partial charge in [0, 0.05) is 18.2 Å². The molecule has 0 atom stereocenters. The summed E-state index contributed by atoms with van der Waals surface area (Å²) < 4.78 is 10.7. The smallest absolute Gasteiger partial charge is 0.262 e. The summed E-state index contributed by atoms with van der Waals surface area (Å²) in [6.07, 6.45) is 2.40. The molecule has 1 aromatic heterocycles. The third kappa shape index (κ3) is 7.81. The highest BCUT2D eigenvalue weighted by atomic mass is 16.5. The van der Waals surface area contributed by atoms with E-state index in [0.717, 1.165) is 29.7 Å². The van der Waals surface area contributed by atoms with Crippen LogP contribution in [-0.2, 0) is 22.6 Å². The molecule has 0 saturated carbocycles. The normalized spacial score (nSPS) is 10.4. The van der Waals surface area contributed by atoms with Crippen molar-refractivity contribution in [1.29, 1.82) is 0 Å². The summed E-state index contributed by atoms with van der Waals surface area (Å²) in [7, 11) is 0. The highest BCUT2D eigenvalue weighted by molar-refractivity contribution is 5.80. The van der Waals surface area contributed by atoms with Gasteiger partial charge in [0.2, 0.25) is 5.91 Å². The number of benzene rings is 1. The first kappa shape index (κ1) is 22.2. The van der Waals surface area contributed by atoms with Crippen molar-refractivity contribution in [2.24, 2.45) is 0 Å². The molecule has 0 aliphatic carbocycles. The third-order valence-corrected chi connectivity index (χ3v) is 4.39. The monoisotopic (exact) mass is 399 g/mol. The number of hydrogen-bond donors (Lipinski definition) is 2. The number of carbonyl (C=O) groups is 2. The number of rotatable bonds is 11. The Bertz CT molecular complexity index is 857. The van der Waals surface area contributed by atoms with Gasteiger partial charge in [-0.2, -0.15) is 0 Å². The summed E-state index contributed by atoms with van der Waals surface area (Å²) >= 11 is 0. The van der Waals surface area contributed by atoms with Crippen LogP contribution in [0.25, 0.3) is 0 Å². The molecule has 2 amide bonds. The van der Waals surface area contributed by atoms with Crippen molar-refractivity contribution in [1.82, 2.24) is 15.8 Å². The molecule has 0 saturated heterocycles. The van der Waals surface area contributed by atoms with E-state index in [4.69, 9.17) is 9.26 Å². The average Bonchev–Trinajstić information content (AvgIpc) is 3.13. The maximum atomic E-state index is 12.0. The van der Waals surface area contributed by atoms with Gasteiger partial charge in [0.15, 0.2) is 12.4 Å². The zero-order valence-electron chi connectivity index (χ0n) is 17.3. The van der Waals surface area contributed by atoms with Gasteiger partial charge in [-0.1, -0.05) is 31.1 Å². The molecule has 0 unspecified atom stereocenters. The van der Waals surface area contributed by atoms with Crippen molar-refractivity contribution in [3.05, 3.63) is 59.1 Å². The van der Waals surface area contributed by atoms with Crippen LogP contribution in [-0.4, -0.2) is 23.6 Å². The fourth-order valence-corrected chi connectivity index (χ4v) is 2.60. The van der Waals surface area contributed by atoms with E-state index in [-0.39, 0.29) is 31.4 Å². The lowest BCUT2D eigenvalue weighted by atomic mass is 10.1. The fourth-order valence-electron chi connectivity index (χ4n) is 2.60. The van der Waals surface area contributed by atoms with Gasteiger partial charge in [-0.05, 0) is 49.9 Å². The molecule has 0 spiro atoms. The van der Waals surface area contributed by atoms with Crippen molar-refractivity contribution < 1.29 is 18.8 Å². The molecule has 2 rings (SSSR count). The summed E-state index contributed by atoms with van der Waals surface area (Å²) in [5.41, 5.74) is 3.62. The lowest BCUT2D eigenvalue weighted by Gasteiger charge is -2.10. The molecular formula is C22H29N3O4. The molecular weight excluding hydrogens is 370 g/mol. The molecule has 1 aromatic carbocycles. The Labute approximate surface area is 171 Å². The van der Waals surface area contributed by atoms with Gasteiger partial charge in [0.25, 0.3) is 5.91 Å². The van der Waals surface area contributed by atoms with Gasteiger partial charge < -0.3 is 19.9 Å². The van der Waals surface area contributed by atoms with E-state index >= 15 is 0 Å². The summed E-state index contributed by atoms with van der Waals surface area (Å²) in [6.45, 7) is 10.0. The minimum atomic E-state index is -0.307. The average molecular weight is 399 g/mol. The number of carbonyl (C=O) groups excluding carboxylic acids is 2. The SMILES string of the molecule is C=C(CCC(=O)NCc1cc(CCC)no1)NC(=O)COc1ccc(C)c(C)c1. The number of amides is 2.